The largest absolute Gasteiger partial charge is 0.367 e. The summed E-state index contributed by atoms with van der Waals surface area (Å²) in [4.78, 5) is 22.5. The molecular formula is C12H14N4O. The highest BCUT2D eigenvalue weighted by Crippen LogP contribution is 2.23. The van der Waals surface area contributed by atoms with E-state index in [0.29, 0.717) is 11.6 Å². The molecule has 2 aromatic rings. The Kier molecular flexibility index (Phi) is 2.51. The van der Waals surface area contributed by atoms with Crippen LogP contribution in [0.5, 0.6) is 0 Å². The number of nitrogens with zero attached hydrogens (tertiary/aromatic N) is 2. The first-order valence-corrected chi connectivity index (χ1v) is 5.93. The van der Waals surface area contributed by atoms with Gasteiger partial charge >= 0.3 is 0 Å². The minimum Gasteiger partial charge on any atom is -0.367 e. The molecule has 0 saturated heterocycles. The van der Waals surface area contributed by atoms with Gasteiger partial charge in [0, 0.05) is 17.6 Å². The lowest BCUT2D eigenvalue weighted by Crippen LogP contribution is -2.17. The van der Waals surface area contributed by atoms with E-state index in [-0.39, 0.29) is 5.56 Å². The number of H-pyrrole nitrogens is 1. The van der Waals surface area contributed by atoms with E-state index in [1.165, 1.54) is 32.0 Å². The second-order valence-corrected chi connectivity index (χ2v) is 4.42. The first kappa shape index (κ1) is 10.3. The molecule has 0 atom stereocenters. The van der Waals surface area contributed by atoms with Crippen molar-refractivity contribution in [3.05, 3.63) is 28.9 Å². The minimum absolute atomic E-state index is 0.167. The molecule has 3 rings (SSSR count). The Labute approximate surface area is 98.3 Å². The summed E-state index contributed by atoms with van der Waals surface area (Å²) in [5.74, 6) is 0.771. The molecule has 17 heavy (non-hydrogen) atoms. The third-order valence-electron chi connectivity index (χ3n) is 3.26. The Morgan fingerprint density at radius 2 is 2.12 bits per heavy atom. The summed E-state index contributed by atoms with van der Waals surface area (Å²) in [5, 5.41) is 4.20. The van der Waals surface area contributed by atoms with Crippen LogP contribution in [0.25, 0.3) is 10.9 Å². The van der Waals surface area contributed by atoms with E-state index in [4.69, 9.17) is 0 Å². The highest BCUT2D eigenvalue weighted by atomic mass is 16.1. The predicted molar refractivity (Wildman–Crippen MR) is 66.0 cm³/mol. The average Bonchev–Trinajstić information content (AvgIpc) is 2.83. The Morgan fingerprint density at radius 1 is 1.29 bits per heavy atom. The van der Waals surface area contributed by atoms with Crippen LogP contribution in [-0.4, -0.2) is 21.0 Å². The van der Waals surface area contributed by atoms with Crippen molar-refractivity contribution in [1.82, 2.24) is 15.0 Å². The standard InChI is InChI=1S/C12H14N4O/c17-12-10-9(5-6-13-12)11(15-7-14-10)16-8-3-1-2-4-8/h5-8H,1-4H2,(H,13,17)(H,14,15,16). The zero-order valence-corrected chi connectivity index (χ0v) is 9.44. The summed E-state index contributed by atoms with van der Waals surface area (Å²) in [7, 11) is 0. The summed E-state index contributed by atoms with van der Waals surface area (Å²) in [6.07, 6.45) is 7.95. The van der Waals surface area contributed by atoms with E-state index in [9.17, 15) is 4.79 Å². The van der Waals surface area contributed by atoms with Crippen molar-refractivity contribution >= 4 is 16.7 Å². The van der Waals surface area contributed by atoms with E-state index in [2.05, 4.69) is 20.3 Å². The monoisotopic (exact) mass is 230 g/mol. The highest BCUT2D eigenvalue weighted by Gasteiger charge is 2.16. The molecule has 2 heterocycles. The molecule has 1 saturated carbocycles. The molecule has 1 fully saturated rings. The molecule has 0 amide bonds. The van der Waals surface area contributed by atoms with Crippen molar-refractivity contribution < 1.29 is 0 Å². The first-order chi connectivity index (χ1) is 8.34. The molecule has 88 valence electrons. The topological polar surface area (TPSA) is 70.7 Å². The molecule has 1 aliphatic carbocycles. The summed E-state index contributed by atoms with van der Waals surface area (Å²) >= 11 is 0. The van der Waals surface area contributed by atoms with Gasteiger partial charge in [0.15, 0.2) is 0 Å². The van der Waals surface area contributed by atoms with Crippen LogP contribution >= 0.6 is 0 Å². The maximum Gasteiger partial charge on any atom is 0.274 e. The number of pyridine rings is 1. The van der Waals surface area contributed by atoms with Crippen molar-refractivity contribution in [2.24, 2.45) is 0 Å². The number of rotatable bonds is 2. The van der Waals surface area contributed by atoms with Crippen LogP contribution in [0.2, 0.25) is 0 Å². The lowest BCUT2D eigenvalue weighted by Gasteiger charge is -2.13. The van der Waals surface area contributed by atoms with E-state index in [1.54, 1.807) is 6.20 Å². The number of fused-ring (bicyclic) bond motifs is 1. The van der Waals surface area contributed by atoms with Gasteiger partial charge in [0.05, 0.1) is 0 Å². The number of anilines is 1. The predicted octanol–water partition coefficient (Wildman–Crippen LogP) is 1.67. The van der Waals surface area contributed by atoms with Crippen LogP contribution in [0.4, 0.5) is 5.82 Å². The van der Waals surface area contributed by atoms with Crippen molar-refractivity contribution in [2.45, 2.75) is 31.7 Å². The molecule has 0 aliphatic heterocycles. The van der Waals surface area contributed by atoms with E-state index >= 15 is 0 Å². The van der Waals surface area contributed by atoms with Crippen LogP contribution in [-0.2, 0) is 0 Å². The van der Waals surface area contributed by atoms with Gasteiger partial charge in [-0.05, 0) is 18.9 Å². The molecule has 5 nitrogen and oxygen atoms in total. The van der Waals surface area contributed by atoms with E-state index < -0.39 is 0 Å². The molecule has 0 bridgehead atoms. The SMILES string of the molecule is O=c1[nH]ccc2c(NC3CCCC3)ncnc12. The Hall–Kier alpha value is -1.91. The maximum atomic E-state index is 11.6. The van der Waals surface area contributed by atoms with Crippen LogP contribution in [0.1, 0.15) is 25.7 Å². The van der Waals surface area contributed by atoms with Gasteiger partial charge in [-0.15, -0.1) is 0 Å². The molecule has 1 aliphatic rings. The van der Waals surface area contributed by atoms with Crippen LogP contribution in [0, 0.1) is 0 Å². The second kappa shape index (κ2) is 4.16. The maximum absolute atomic E-state index is 11.6. The fraction of sp³-hybridized carbons (Fsp3) is 0.417. The molecule has 0 aromatic carbocycles. The smallest absolute Gasteiger partial charge is 0.274 e. The van der Waals surface area contributed by atoms with Gasteiger partial charge in [-0.25, -0.2) is 9.97 Å². The lowest BCUT2D eigenvalue weighted by atomic mass is 10.2. The van der Waals surface area contributed by atoms with Gasteiger partial charge in [0.25, 0.3) is 5.56 Å². The zero-order valence-electron chi connectivity index (χ0n) is 9.44. The Bertz CT molecular complexity index is 586. The second-order valence-electron chi connectivity index (χ2n) is 4.42. The van der Waals surface area contributed by atoms with Gasteiger partial charge in [-0.2, -0.15) is 0 Å². The van der Waals surface area contributed by atoms with Gasteiger partial charge in [-0.3, -0.25) is 4.79 Å². The summed E-state index contributed by atoms with van der Waals surface area (Å²) in [6, 6.07) is 2.32. The van der Waals surface area contributed by atoms with Crippen LogP contribution in [0.15, 0.2) is 23.4 Å². The normalized spacial score (nSPS) is 16.5. The number of hydrogen-bond acceptors (Lipinski definition) is 4. The Morgan fingerprint density at radius 3 is 2.94 bits per heavy atom. The van der Waals surface area contributed by atoms with Crippen molar-refractivity contribution in [3.63, 3.8) is 0 Å². The van der Waals surface area contributed by atoms with E-state index in [0.717, 1.165) is 11.2 Å². The lowest BCUT2D eigenvalue weighted by molar-refractivity contribution is 0.751. The van der Waals surface area contributed by atoms with Crippen molar-refractivity contribution in [3.8, 4) is 0 Å². The molecular weight excluding hydrogens is 216 g/mol. The number of aromatic amines is 1. The van der Waals surface area contributed by atoms with Gasteiger partial charge in [0.1, 0.15) is 17.7 Å². The molecule has 0 radical (unpaired) electrons. The fourth-order valence-corrected chi connectivity index (χ4v) is 2.38. The van der Waals surface area contributed by atoms with Crippen molar-refractivity contribution in [1.29, 1.82) is 0 Å². The minimum atomic E-state index is -0.167. The Balaban J connectivity index is 2.04. The first-order valence-electron chi connectivity index (χ1n) is 5.93. The van der Waals surface area contributed by atoms with Gasteiger partial charge in [0.2, 0.25) is 0 Å². The molecule has 5 heteroatoms. The summed E-state index contributed by atoms with van der Waals surface area (Å²) in [6.45, 7) is 0. The number of hydrogen-bond donors (Lipinski definition) is 2. The fourth-order valence-electron chi connectivity index (χ4n) is 2.38. The molecule has 0 unspecified atom stereocenters. The quantitative estimate of drug-likeness (QED) is 0.823. The summed E-state index contributed by atoms with van der Waals surface area (Å²) in [5.41, 5.74) is 0.280. The summed E-state index contributed by atoms with van der Waals surface area (Å²) < 4.78 is 0. The van der Waals surface area contributed by atoms with Crippen LogP contribution in [0.3, 0.4) is 0 Å². The molecule has 0 spiro atoms. The zero-order chi connectivity index (χ0) is 11.7. The number of aromatic nitrogens is 3. The third-order valence-corrected chi connectivity index (χ3v) is 3.26. The van der Waals surface area contributed by atoms with Crippen molar-refractivity contribution in [2.75, 3.05) is 5.32 Å². The molecule has 2 aromatic heterocycles. The van der Waals surface area contributed by atoms with Gasteiger partial charge in [-0.1, -0.05) is 12.8 Å². The molecule has 2 N–H and O–H groups in total. The van der Waals surface area contributed by atoms with Crippen LogP contribution < -0.4 is 10.9 Å². The average molecular weight is 230 g/mol. The van der Waals surface area contributed by atoms with E-state index in [1.807, 2.05) is 6.07 Å². The number of nitrogens with one attached hydrogen (secondary N) is 2. The third kappa shape index (κ3) is 1.88. The van der Waals surface area contributed by atoms with Gasteiger partial charge < -0.3 is 10.3 Å². The highest BCUT2D eigenvalue weighted by molar-refractivity contribution is 5.87.